The van der Waals surface area contributed by atoms with Gasteiger partial charge in [0, 0.05) is 55.7 Å². The van der Waals surface area contributed by atoms with Crippen LogP contribution in [0.3, 0.4) is 0 Å². The van der Waals surface area contributed by atoms with Crippen LogP contribution in [0.5, 0.6) is 5.75 Å². The van der Waals surface area contributed by atoms with E-state index in [0.29, 0.717) is 48.8 Å². The molecule has 3 aromatic rings. The van der Waals surface area contributed by atoms with Gasteiger partial charge >= 0.3 is 0 Å². The first-order chi connectivity index (χ1) is 15.9. The van der Waals surface area contributed by atoms with Gasteiger partial charge in [0.15, 0.2) is 0 Å². The van der Waals surface area contributed by atoms with Gasteiger partial charge in [0.2, 0.25) is 5.91 Å². The topological polar surface area (TPSA) is 102 Å². The lowest BCUT2D eigenvalue weighted by molar-refractivity contribution is -0.130. The molecule has 4 rings (SSSR count). The van der Waals surface area contributed by atoms with Crippen molar-refractivity contribution in [2.75, 3.05) is 25.5 Å². The molecular weight excluding hydrogens is 420 g/mol. The lowest BCUT2D eigenvalue weighted by Gasteiger charge is -2.17. The van der Waals surface area contributed by atoms with E-state index in [4.69, 9.17) is 4.74 Å². The van der Waals surface area contributed by atoms with Crippen LogP contribution in [0.25, 0.3) is 0 Å². The number of nitrogens with one attached hydrogen (secondary N) is 1. The van der Waals surface area contributed by atoms with Crippen LogP contribution in [0, 0.1) is 13.8 Å². The number of nitrogens with zero attached hydrogens (tertiary/aromatic N) is 5. The third-order valence-corrected chi connectivity index (χ3v) is 5.96. The van der Waals surface area contributed by atoms with E-state index < -0.39 is 0 Å². The van der Waals surface area contributed by atoms with E-state index in [1.54, 1.807) is 50.7 Å². The summed E-state index contributed by atoms with van der Waals surface area (Å²) < 4.78 is 6.98. The predicted octanol–water partition coefficient (Wildman–Crippen LogP) is 2.96. The summed E-state index contributed by atoms with van der Waals surface area (Å²) in [6.07, 6.45) is 4.54. The second-order valence-electron chi connectivity index (χ2n) is 8.18. The molecule has 1 fully saturated rings. The molecule has 0 saturated carbocycles. The summed E-state index contributed by atoms with van der Waals surface area (Å²) in [6.45, 7) is 5.63. The minimum Gasteiger partial charge on any atom is -0.497 e. The van der Waals surface area contributed by atoms with Crippen molar-refractivity contribution in [1.82, 2.24) is 24.6 Å². The van der Waals surface area contributed by atoms with Crippen LogP contribution >= 0.6 is 0 Å². The number of carbonyl (C=O) groups is 2. The van der Waals surface area contributed by atoms with E-state index in [1.165, 1.54) is 0 Å². The molecule has 9 heteroatoms. The lowest BCUT2D eigenvalue weighted by atomic mass is 10.1. The first-order valence-electron chi connectivity index (χ1n) is 11.0. The summed E-state index contributed by atoms with van der Waals surface area (Å²) in [4.78, 5) is 36.2. The van der Waals surface area contributed by atoms with Gasteiger partial charge in [-0.05, 0) is 50.6 Å². The summed E-state index contributed by atoms with van der Waals surface area (Å²) in [5.74, 6) is 1.31. The second kappa shape index (κ2) is 9.81. The summed E-state index contributed by atoms with van der Waals surface area (Å²) >= 11 is 0. The van der Waals surface area contributed by atoms with Crippen LogP contribution in [0.4, 0.5) is 5.69 Å². The lowest BCUT2D eigenvalue weighted by Crippen LogP contribution is -2.29. The van der Waals surface area contributed by atoms with Crippen molar-refractivity contribution in [2.24, 2.45) is 0 Å². The van der Waals surface area contributed by atoms with E-state index in [9.17, 15) is 9.59 Å². The molecule has 33 heavy (non-hydrogen) atoms. The first-order valence-corrected chi connectivity index (χ1v) is 11.0. The number of rotatable bonds is 7. The molecule has 1 atom stereocenters. The molecule has 0 unspecified atom stereocenters. The number of aromatic nitrogens is 4. The zero-order chi connectivity index (χ0) is 23.4. The van der Waals surface area contributed by atoms with Crippen LogP contribution in [-0.4, -0.2) is 56.7 Å². The van der Waals surface area contributed by atoms with Crippen molar-refractivity contribution < 1.29 is 14.3 Å². The van der Waals surface area contributed by atoms with E-state index in [-0.39, 0.29) is 17.7 Å². The third kappa shape index (κ3) is 5.19. The van der Waals surface area contributed by atoms with Gasteiger partial charge in [-0.15, -0.1) is 0 Å². The number of methoxy groups -OCH3 is 1. The van der Waals surface area contributed by atoms with Crippen LogP contribution in [0.1, 0.15) is 46.3 Å². The maximum absolute atomic E-state index is 12.7. The summed E-state index contributed by atoms with van der Waals surface area (Å²) in [5.41, 5.74) is 2.75. The highest BCUT2D eigenvalue weighted by Crippen LogP contribution is 2.26. The molecule has 1 N–H and O–H groups in total. The molecule has 1 aliphatic rings. The summed E-state index contributed by atoms with van der Waals surface area (Å²) in [6, 6.07) is 9.05. The molecule has 0 bridgehead atoms. The number of carbonyl (C=O) groups excluding carboxylic acids is 2. The van der Waals surface area contributed by atoms with Crippen molar-refractivity contribution in [3.63, 3.8) is 0 Å². The van der Waals surface area contributed by atoms with Crippen LogP contribution in [0.15, 0.2) is 42.7 Å². The van der Waals surface area contributed by atoms with Gasteiger partial charge in [0.05, 0.1) is 18.4 Å². The van der Waals surface area contributed by atoms with Crippen molar-refractivity contribution in [3.05, 3.63) is 65.5 Å². The number of amides is 2. The Bertz CT molecular complexity index is 1140. The van der Waals surface area contributed by atoms with E-state index in [1.807, 2.05) is 22.6 Å². The third-order valence-electron chi connectivity index (χ3n) is 5.96. The van der Waals surface area contributed by atoms with E-state index in [0.717, 1.165) is 17.9 Å². The second-order valence-corrected chi connectivity index (χ2v) is 8.18. The Morgan fingerprint density at radius 2 is 1.97 bits per heavy atom. The van der Waals surface area contributed by atoms with Crippen molar-refractivity contribution >= 4 is 17.5 Å². The molecule has 0 spiro atoms. The maximum atomic E-state index is 12.7. The van der Waals surface area contributed by atoms with Gasteiger partial charge in [-0.25, -0.2) is 9.97 Å². The first kappa shape index (κ1) is 22.4. The van der Waals surface area contributed by atoms with Crippen LogP contribution in [-0.2, 0) is 11.3 Å². The molecule has 1 aromatic carbocycles. The average Bonchev–Trinajstić information content (AvgIpc) is 3.47. The quantitative estimate of drug-likeness (QED) is 0.596. The molecule has 3 heterocycles. The molecular formula is C24H28N6O3. The fraction of sp³-hybridized carbons (Fsp3) is 0.375. The van der Waals surface area contributed by atoms with E-state index in [2.05, 4.69) is 20.4 Å². The minimum atomic E-state index is -0.263. The SMILES string of the molecule is COc1ccc(NC(=O)c2cnc([C@H]3CCN(C(=O)CCn4nccc4C)C3)nc2C)cc1. The van der Waals surface area contributed by atoms with Gasteiger partial charge < -0.3 is 15.0 Å². The van der Waals surface area contributed by atoms with Gasteiger partial charge in [0.1, 0.15) is 11.6 Å². The number of aryl methyl sites for hydroxylation is 3. The monoisotopic (exact) mass is 448 g/mol. The van der Waals surface area contributed by atoms with Crippen LogP contribution < -0.4 is 10.1 Å². The van der Waals surface area contributed by atoms with Gasteiger partial charge in [-0.3, -0.25) is 14.3 Å². The fourth-order valence-electron chi connectivity index (χ4n) is 3.97. The molecule has 1 aliphatic heterocycles. The number of ether oxygens (including phenoxy) is 1. The molecule has 0 radical (unpaired) electrons. The number of hydrogen-bond acceptors (Lipinski definition) is 6. The highest BCUT2D eigenvalue weighted by molar-refractivity contribution is 6.04. The molecule has 172 valence electrons. The Balaban J connectivity index is 1.35. The van der Waals surface area contributed by atoms with Gasteiger partial charge in [-0.1, -0.05) is 0 Å². The molecule has 2 aromatic heterocycles. The zero-order valence-electron chi connectivity index (χ0n) is 19.1. The maximum Gasteiger partial charge on any atom is 0.259 e. The largest absolute Gasteiger partial charge is 0.497 e. The average molecular weight is 449 g/mol. The highest BCUT2D eigenvalue weighted by atomic mass is 16.5. The zero-order valence-corrected chi connectivity index (χ0v) is 19.1. The molecule has 0 aliphatic carbocycles. The highest BCUT2D eigenvalue weighted by Gasteiger charge is 2.29. The normalized spacial score (nSPS) is 15.5. The van der Waals surface area contributed by atoms with Gasteiger partial charge in [0.25, 0.3) is 5.91 Å². The van der Waals surface area contributed by atoms with Crippen molar-refractivity contribution in [3.8, 4) is 5.75 Å². The Kier molecular flexibility index (Phi) is 6.67. The fourth-order valence-corrected chi connectivity index (χ4v) is 3.97. The summed E-state index contributed by atoms with van der Waals surface area (Å²) in [7, 11) is 1.59. The van der Waals surface area contributed by atoms with Gasteiger partial charge in [-0.2, -0.15) is 5.10 Å². The summed E-state index contributed by atoms with van der Waals surface area (Å²) in [5, 5.41) is 7.09. The number of likely N-dealkylation sites (tertiary alicyclic amines) is 1. The minimum absolute atomic E-state index is 0.0674. The molecule has 1 saturated heterocycles. The van der Waals surface area contributed by atoms with Crippen molar-refractivity contribution in [1.29, 1.82) is 0 Å². The Morgan fingerprint density at radius 1 is 1.18 bits per heavy atom. The number of hydrogen-bond donors (Lipinski definition) is 1. The van der Waals surface area contributed by atoms with Crippen molar-refractivity contribution in [2.45, 2.75) is 39.2 Å². The Hall–Kier alpha value is -3.75. The molecule has 9 nitrogen and oxygen atoms in total. The standard InChI is InChI=1S/C24H28N6O3/c1-16-8-11-26-30(16)13-10-22(31)29-12-9-18(15-29)23-25-14-21(17(2)27-23)24(32)28-19-4-6-20(33-3)7-5-19/h4-8,11,14,18H,9-10,12-13,15H2,1-3H3,(H,28,32)/t18-/m0/s1. The smallest absolute Gasteiger partial charge is 0.259 e. The van der Waals surface area contributed by atoms with E-state index >= 15 is 0 Å². The Labute approximate surface area is 192 Å². The van der Waals surface area contributed by atoms with Crippen LogP contribution in [0.2, 0.25) is 0 Å². The number of anilines is 1. The molecule has 2 amide bonds. The Morgan fingerprint density at radius 3 is 2.64 bits per heavy atom. The predicted molar refractivity (Wildman–Crippen MR) is 123 cm³/mol. The number of benzene rings is 1.